The lowest BCUT2D eigenvalue weighted by Crippen LogP contribution is -2.34. The van der Waals surface area contributed by atoms with E-state index in [2.05, 4.69) is 48.6 Å². The molecule has 1 aromatic carbocycles. The van der Waals surface area contributed by atoms with Crippen LogP contribution in [0.3, 0.4) is 0 Å². The van der Waals surface area contributed by atoms with Crippen LogP contribution in [-0.4, -0.2) is 6.04 Å². The van der Waals surface area contributed by atoms with Crippen LogP contribution < -0.4 is 5.32 Å². The van der Waals surface area contributed by atoms with Gasteiger partial charge in [0.25, 0.3) is 0 Å². The smallest absolute Gasteiger partial charge is 0.0931 e. The number of halogens is 1. The molecule has 1 aromatic heterocycles. The van der Waals surface area contributed by atoms with Crippen molar-refractivity contribution in [3.8, 4) is 0 Å². The molecule has 0 bridgehead atoms. The molecule has 0 aliphatic heterocycles. The maximum absolute atomic E-state index is 6.02. The Labute approximate surface area is 136 Å². The maximum Gasteiger partial charge on any atom is 0.0931 e. The minimum atomic E-state index is 0.403. The Balaban J connectivity index is 1.52. The van der Waals surface area contributed by atoms with Gasteiger partial charge in [0, 0.05) is 17.0 Å². The van der Waals surface area contributed by atoms with Crippen molar-refractivity contribution in [3.63, 3.8) is 0 Å². The van der Waals surface area contributed by atoms with Crippen molar-refractivity contribution in [3.05, 3.63) is 57.2 Å². The van der Waals surface area contributed by atoms with E-state index in [1.807, 2.05) is 6.07 Å². The van der Waals surface area contributed by atoms with Gasteiger partial charge in [0.15, 0.2) is 0 Å². The molecule has 1 fully saturated rings. The van der Waals surface area contributed by atoms with Gasteiger partial charge >= 0.3 is 0 Å². The van der Waals surface area contributed by atoms with E-state index < -0.39 is 0 Å². The fraction of sp³-hybridized carbons (Fsp3) is 0.444. The van der Waals surface area contributed by atoms with Crippen LogP contribution in [0.1, 0.15) is 55.0 Å². The zero-order valence-electron chi connectivity index (χ0n) is 12.4. The summed E-state index contributed by atoms with van der Waals surface area (Å²) >= 11 is 7.71. The highest BCUT2D eigenvalue weighted by atomic mass is 35.5. The first-order valence-electron chi connectivity index (χ1n) is 7.78. The van der Waals surface area contributed by atoms with Crippen LogP contribution >= 0.6 is 22.9 Å². The van der Waals surface area contributed by atoms with Crippen molar-refractivity contribution in [2.75, 3.05) is 0 Å². The number of nitrogens with one attached hydrogen (secondary N) is 1. The second-order valence-electron chi connectivity index (χ2n) is 5.99. The molecule has 0 spiro atoms. The minimum absolute atomic E-state index is 0.403. The Hall–Kier alpha value is -0.830. The van der Waals surface area contributed by atoms with E-state index in [1.165, 1.54) is 36.1 Å². The van der Waals surface area contributed by atoms with Gasteiger partial charge in [-0.2, -0.15) is 0 Å². The molecule has 112 valence electrons. The number of thiophene rings is 1. The van der Waals surface area contributed by atoms with E-state index in [-0.39, 0.29) is 0 Å². The molecule has 0 radical (unpaired) electrons. The standard InChI is InChI=1S/C18H22ClNS/c1-13(17-11-12-18(19)21-17)20-16-9-7-15(8-10-16)14-5-3-2-4-6-14/h2-6,11-13,15-16,20H,7-10H2,1H3. The Kier molecular flexibility index (Phi) is 4.99. The lowest BCUT2D eigenvalue weighted by atomic mass is 9.81. The van der Waals surface area contributed by atoms with Gasteiger partial charge in [0.2, 0.25) is 0 Å². The summed E-state index contributed by atoms with van der Waals surface area (Å²) in [6.07, 6.45) is 5.12. The van der Waals surface area contributed by atoms with Crippen LogP contribution in [0.15, 0.2) is 42.5 Å². The van der Waals surface area contributed by atoms with Crippen molar-refractivity contribution < 1.29 is 0 Å². The molecule has 0 amide bonds. The van der Waals surface area contributed by atoms with Crippen molar-refractivity contribution >= 4 is 22.9 Å². The summed E-state index contributed by atoms with van der Waals surface area (Å²) in [5, 5.41) is 3.77. The monoisotopic (exact) mass is 319 g/mol. The summed E-state index contributed by atoms with van der Waals surface area (Å²) in [4.78, 5) is 1.34. The van der Waals surface area contributed by atoms with Crippen LogP contribution in [0.5, 0.6) is 0 Å². The molecule has 1 aliphatic rings. The van der Waals surface area contributed by atoms with Crippen LogP contribution in [0.4, 0.5) is 0 Å². The highest BCUT2D eigenvalue weighted by molar-refractivity contribution is 7.16. The number of rotatable bonds is 4. The first-order chi connectivity index (χ1) is 10.2. The quantitative estimate of drug-likeness (QED) is 0.753. The Morgan fingerprint density at radius 1 is 1.05 bits per heavy atom. The molecule has 1 atom stereocenters. The van der Waals surface area contributed by atoms with E-state index in [0.29, 0.717) is 12.1 Å². The van der Waals surface area contributed by atoms with Gasteiger partial charge in [-0.25, -0.2) is 0 Å². The van der Waals surface area contributed by atoms with Crippen LogP contribution in [0, 0.1) is 0 Å². The summed E-state index contributed by atoms with van der Waals surface area (Å²) in [6, 6.07) is 16.1. The molecule has 1 nitrogen and oxygen atoms in total. The highest BCUT2D eigenvalue weighted by Crippen LogP contribution is 2.34. The lowest BCUT2D eigenvalue weighted by Gasteiger charge is -2.31. The summed E-state index contributed by atoms with van der Waals surface area (Å²) in [6.45, 7) is 2.24. The third-order valence-electron chi connectivity index (χ3n) is 4.50. The summed E-state index contributed by atoms with van der Waals surface area (Å²) < 4.78 is 0.881. The minimum Gasteiger partial charge on any atom is -0.307 e. The van der Waals surface area contributed by atoms with Gasteiger partial charge in [0.1, 0.15) is 0 Å². The molecule has 2 aromatic rings. The normalized spacial score (nSPS) is 23.9. The maximum atomic E-state index is 6.02. The highest BCUT2D eigenvalue weighted by Gasteiger charge is 2.23. The molecule has 1 saturated carbocycles. The van der Waals surface area contributed by atoms with Gasteiger partial charge in [0.05, 0.1) is 4.34 Å². The first-order valence-corrected chi connectivity index (χ1v) is 8.98. The molecule has 3 rings (SSSR count). The van der Waals surface area contributed by atoms with E-state index in [1.54, 1.807) is 11.3 Å². The summed E-state index contributed by atoms with van der Waals surface area (Å²) in [5.74, 6) is 0.746. The first kappa shape index (κ1) is 15.1. The molecule has 1 heterocycles. The van der Waals surface area contributed by atoms with Gasteiger partial charge in [-0.1, -0.05) is 41.9 Å². The molecule has 3 heteroatoms. The predicted molar refractivity (Wildman–Crippen MR) is 92.3 cm³/mol. The van der Waals surface area contributed by atoms with E-state index in [9.17, 15) is 0 Å². The number of hydrogen-bond donors (Lipinski definition) is 1. The van der Waals surface area contributed by atoms with Gasteiger partial charge < -0.3 is 5.32 Å². The van der Waals surface area contributed by atoms with Gasteiger partial charge in [-0.05, 0) is 56.2 Å². The topological polar surface area (TPSA) is 12.0 Å². The van der Waals surface area contributed by atoms with Crippen molar-refractivity contribution in [2.24, 2.45) is 0 Å². The molecular formula is C18H22ClNS. The second kappa shape index (κ2) is 6.95. The number of hydrogen-bond acceptors (Lipinski definition) is 2. The van der Waals surface area contributed by atoms with Gasteiger partial charge in [-0.15, -0.1) is 11.3 Å². The second-order valence-corrected chi connectivity index (χ2v) is 7.74. The average molecular weight is 320 g/mol. The molecule has 1 aliphatic carbocycles. The predicted octanol–water partition coefficient (Wildman–Crippen LogP) is 5.78. The Bertz CT molecular complexity index is 558. The molecular weight excluding hydrogens is 298 g/mol. The molecule has 1 unspecified atom stereocenters. The fourth-order valence-electron chi connectivity index (χ4n) is 3.32. The summed E-state index contributed by atoms with van der Waals surface area (Å²) in [5.41, 5.74) is 1.51. The largest absolute Gasteiger partial charge is 0.307 e. The zero-order valence-corrected chi connectivity index (χ0v) is 14.0. The SMILES string of the molecule is CC(NC1CCC(c2ccccc2)CC1)c1ccc(Cl)s1. The zero-order chi connectivity index (χ0) is 14.7. The third kappa shape index (κ3) is 3.88. The van der Waals surface area contributed by atoms with E-state index >= 15 is 0 Å². The van der Waals surface area contributed by atoms with Crippen molar-refractivity contribution in [1.82, 2.24) is 5.32 Å². The Morgan fingerprint density at radius 3 is 2.38 bits per heavy atom. The number of benzene rings is 1. The average Bonchev–Trinajstić information content (AvgIpc) is 2.96. The molecule has 21 heavy (non-hydrogen) atoms. The van der Waals surface area contributed by atoms with E-state index in [0.717, 1.165) is 10.3 Å². The fourth-order valence-corrected chi connectivity index (χ4v) is 4.39. The van der Waals surface area contributed by atoms with E-state index in [4.69, 9.17) is 11.6 Å². The van der Waals surface area contributed by atoms with Crippen molar-refractivity contribution in [1.29, 1.82) is 0 Å². The molecule has 0 saturated heterocycles. The Morgan fingerprint density at radius 2 is 1.76 bits per heavy atom. The van der Waals surface area contributed by atoms with Gasteiger partial charge in [-0.3, -0.25) is 0 Å². The van der Waals surface area contributed by atoms with Crippen LogP contribution in [0.25, 0.3) is 0 Å². The van der Waals surface area contributed by atoms with Crippen molar-refractivity contribution in [2.45, 2.75) is 50.6 Å². The third-order valence-corrected chi connectivity index (χ3v) is 5.92. The summed E-state index contributed by atoms with van der Waals surface area (Å²) in [7, 11) is 0. The molecule has 1 N–H and O–H groups in total. The van der Waals surface area contributed by atoms with Crippen LogP contribution in [-0.2, 0) is 0 Å². The van der Waals surface area contributed by atoms with Crippen LogP contribution in [0.2, 0.25) is 4.34 Å². The lowest BCUT2D eigenvalue weighted by molar-refractivity contribution is 0.323.